The normalized spacial score (nSPS) is 12.3. The van der Waals surface area contributed by atoms with Crippen molar-refractivity contribution in [2.24, 2.45) is 0 Å². The van der Waals surface area contributed by atoms with E-state index in [2.05, 4.69) is 133 Å². The number of para-hydroxylation sites is 2. The van der Waals surface area contributed by atoms with E-state index in [1.54, 1.807) is 0 Å². The summed E-state index contributed by atoms with van der Waals surface area (Å²) in [6.45, 7) is 0. The van der Waals surface area contributed by atoms with Gasteiger partial charge in [0.2, 0.25) is 0 Å². The van der Waals surface area contributed by atoms with Gasteiger partial charge in [0, 0.05) is 37.7 Å². The molecule has 0 radical (unpaired) electrons. The highest BCUT2D eigenvalue weighted by Crippen LogP contribution is 2.46. The number of benzene rings is 9. The molecule has 3 heteroatoms. The topological polar surface area (TPSA) is 39.4 Å². The lowest BCUT2D eigenvalue weighted by atomic mass is 9.85. The van der Waals surface area contributed by atoms with Crippen LogP contribution in [-0.2, 0) is 0 Å². The third-order valence-corrected chi connectivity index (χ3v) is 10.9. The van der Waals surface area contributed by atoms with Crippen molar-refractivity contribution in [1.29, 1.82) is 0 Å². The molecule has 0 amide bonds. The highest BCUT2D eigenvalue weighted by Gasteiger charge is 2.20. The maximum Gasteiger partial charge on any atom is 0.143 e. The van der Waals surface area contributed by atoms with E-state index in [9.17, 15) is 0 Å². The van der Waals surface area contributed by atoms with Crippen LogP contribution in [0.3, 0.4) is 0 Å². The van der Waals surface area contributed by atoms with Gasteiger partial charge in [0.15, 0.2) is 0 Å². The molecule has 0 N–H and O–H groups in total. The van der Waals surface area contributed by atoms with Crippen LogP contribution in [0.1, 0.15) is 0 Å². The third-order valence-electron chi connectivity index (χ3n) is 10.9. The van der Waals surface area contributed by atoms with Crippen LogP contribution in [0.25, 0.3) is 120 Å². The Balaban J connectivity index is 1.10. The Labute approximate surface area is 290 Å². The molecule has 0 fully saturated rings. The molecule has 0 saturated heterocycles. The molecule has 0 aliphatic carbocycles. The molecule has 3 heterocycles. The SMILES string of the molecule is c1ccc2c(c1)oc1cc(-c3c4ccccc4c(-c4ccc5oc6c(ccc7c6ccc6oc8ccccc8c67)c5c4)c4ccccc34)ccc12. The highest BCUT2D eigenvalue weighted by atomic mass is 16.3. The minimum absolute atomic E-state index is 0.878. The molecule has 12 aromatic rings. The summed E-state index contributed by atoms with van der Waals surface area (Å²) in [5, 5.41) is 13.8. The summed E-state index contributed by atoms with van der Waals surface area (Å²) in [4.78, 5) is 0. The predicted molar refractivity (Wildman–Crippen MR) is 212 cm³/mol. The van der Waals surface area contributed by atoms with Crippen molar-refractivity contribution >= 4 is 98.1 Å². The molecule has 0 saturated carbocycles. The third kappa shape index (κ3) is 3.67. The molecule has 0 spiro atoms. The molecule has 12 rings (SSSR count). The Kier molecular flexibility index (Phi) is 5.23. The van der Waals surface area contributed by atoms with Crippen LogP contribution in [0.2, 0.25) is 0 Å². The van der Waals surface area contributed by atoms with Gasteiger partial charge in [-0.05, 0) is 104 Å². The second-order valence-corrected chi connectivity index (χ2v) is 13.5. The second kappa shape index (κ2) is 9.87. The lowest BCUT2D eigenvalue weighted by Gasteiger charge is -2.17. The largest absolute Gasteiger partial charge is 0.456 e. The first kappa shape index (κ1) is 27.0. The van der Waals surface area contributed by atoms with Crippen LogP contribution in [0.15, 0.2) is 171 Å². The molecule has 0 aliphatic heterocycles. The minimum atomic E-state index is 0.878. The summed E-state index contributed by atoms with van der Waals surface area (Å²) in [5.41, 5.74) is 10.1. The fraction of sp³-hybridized carbons (Fsp3) is 0. The summed E-state index contributed by atoms with van der Waals surface area (Å²) >= 11 is 0. The van der Waals surface area contributed by atoms with Crippen molar-refractivity contribution < 1.29 is 13.3 Å². The van der Waals surface area contributed by atoms with E-state index in [-0.39, 0.29) is 0 Å². The van der Waals surface area contributed by atoms with Gasteiger partial charge in [-0.15, -0.1) is 0 Å². The van der Waals surface area contributed by atoms with E-state index in [4.69, 9.17) is 13.3 Å². The zero-order valence-electron chi connectivity index (χ0n) is 27.2. The average molecular weight is 651 g/mol. The van der Waals surface area contributed by atoms with E-state index in [1.165, 1.54) is 32.7 Å². The fourth-order valence-corrected chi connectivity index (χ4v) is 8.65. The number of hydrogen-bond donors (Lipinski definition) is 0. The molecule has 236 valence electrons. The van der Waals surface area contributed by atoms with Gasteiger partial charge in [-0.3, -0.25) is 0 Å². The summed E-state index contributed by atoms with van der Waals surface area (Å²) in [7, 11) is 0. The molecule has 9 aromatic carbocycles. The van der Waals surface area contributed by atoms with Crippen LogP contribution in [-0.4, -0.2) is 0 Å². The van der Waals surface area contributed by atoms with Crippen molar-refractivity contribution in [2.75, 3.05) is 0 Å². The summed E-state index contributed by atoms with van der Waals surface area (Å²) < 4.78 is 19.2. The quantitative estimate of drug-likeness (QED) is 0.175. The first-order valence-corrected chi connectivity index (χ1v) is 17.3. The van der Waals surface area contributed by atoms with Gasteiger partial charge in [0.05, 0.1) is 0 Å². The summed E-state index contributed by atoms with van der Waals surface area (Å²) in [5.74, 6) is 0. The van der Waals surface area contributed by atoms with E-state index in [1.807, 2.05) is 24.3 Å². The molecular weight excluding hydrogens is 625 g/mol. The van der Waals surface area contributed by atoms with Gasteiger partial charge in [0.25, 0.3) is 0 Å². The van der Waals surface area contributed by atoms with Gasteiger partial charge in [-0.25, -0.2) is 0 Å². The minimum Gasteiger partial charge on any atom is -0.456 e. The molecule has 3 aromatic heterocycles. The standard InChI is InChI=1S/C48H26O3/c1-3-12-33-31(10-1)45(32-11-2-4-13-34(32)46(33)28-17-19-30-29-9-5-7-15-40(29)50-44(30)26-28)27-18-23-42-39(25-27)37-21-20-35-36(48(37)51-42)22-24-43-47(35)38-14-6-8-16-41(38)49-43/h1-26H. The maximum atomic E-state index is 6.66. The Morgan fingerprint density at radius 3 is 1.43 bits per heavy atom. The molecule has 0 aliphatic rings. The molecule has 51 heavy (non-hydrogen) atoms. The van der Waals surface area contributed by atoms with Gasteiger partial charge < -0.3 is 13.3 Å². The van der Waals surface area contributed by atoms with Crippen molar-refractivity contribution in [2.45, 2.75) is 0 Å². The van der Waals surface area contributed by atoms with Crippen LogP contribution in [0.4, 0.5) is 0 Å². The first-order valence-electron chi connectivity index (χ1n) is 17.3. The van der Waals surface area contributed by atoms with Crippen molar-refractivity contribution in [3.05, 3.63) is 158 Å². The average Bonchev–Trinajstić information content (AvgIpc) is 3.87. The van der Waals surface area contributed by atoms with Gasteiger partial charge >= 0.3 is 0 Å². The highest BCUT2D eigenvalue weighted by molar-refractivity contribution is 6.26. The van der Waals surface area contributed by atoms with Gasteiger partial charge in [0.1, 0.15) is 33.5 Å². The lowest BCUT2D eigenvalue weighted by molar-refractivity contribution is 0.668. The van der Waals surface area contributed by atoms with Crippen molar-refractivity contribution in [1.82, 2.24) is 0 Å². The summed E-state index contributed by atoms with van der Waals surface area (Å²) in [6.07, 6.45) is 0. The Bertz CT molecular complexity index is 3370. The monoisotopic (exact) mass is 650 g/mol. The fourth-order valence-electron chi connectivity index (χ4n) is 8.65. The molecule has 0 atom stereocenters. The van der Waals surface area contributed by atoms with E-state index in [0.29, 0.717) is 0 Å². The van der Waals surface area contributed by atoms with Crippen molar-refractivity contribution in [3.63, 3.8) is 0 Å². The Hall–Kier alpha value is -6.84. The zero-order valence-corrected chi connectivity index (χ0v) is 27.2. The predicted octanol–water partition coefficient (Wildman–Crippen LogP) is 14.2. The van der Waals surface area contributed by atoms with Crippen LogP contribution in [0, 0.1) is 0 Å². The smallest absolute Gasteiger partial charge is 0.143 e. The van der Waals surface area contributed by atoms with Crippen LogP contribution < -0.4 is 0 Å². The number of fused-ring (bicyclic) bond motifs is 14. The Morgan fingerprint density at radius 2 is 0.706 bits per heavy atom. The van der Waals surface area contributed by atoms with Crippen LogP contribution >= 0.6 is 0 Å². The van der Waals surface area contributed by atoms with E-state index >= 15 is 0 Å². The Morgan fingerprint density at radius 1 is 0.255 bits per heavy atom. The van der Waals surface area contributed by atoms with E-state index < -0.39 is 0 Å². The lowest BCUT2D eigenvalue weighted by Crippen LogP contribution is -1.90. The van der Waals surface area contributed by atoms with Gasteiger partial charge in [-0.2, -0.15) is 0 Å². The van der Waals surface area contributed by atoms with E-state index in [0.717, 1.165) is 87.7 Å². The second-order valence-electron chi connectivity index (χ2n) is 13.5. The molecule has 0 bridgehead atoms. The number of furan rings is 3. The summed E-state index contributed by atoms with van der Waals surface area (Å²) in [6, 6.07) is 56.0. The van der Waals surface area contributed by atoms with Gasteiger partial charge in [-0.1, -0.05) is 103 Å². The zero-order chi connectivity index (χ0) is 33.2. The molecule has 3 nitrogen and oxygen atoms in total. The number of rotatable bonds is 2. The van der Waals surface area contributed by atoms with Crippen LogP contribution in [0.5, 0.6) is 0 Å². The molecule has 0 unspecified atom stereocenters. The number of hydrogen-bond acceptors (Lipinski definition) is 3. The first-order chi connectivity index (χ1) is 25.3. The van der Waals surface area contributed by atoms with Crippen molar-refractivity contribution in [3.8, 4) is 22.3 Å². The maximum absolute atomic E-state index is 6.66. The molecular formula is C48H26O3.